The minimum absolute atomic E-state index is 0.262. The van der Waals surface area contributed by atoms with E-state index in [0.717, 1.165) is 6.42 Å². The first kappa shape index (κ1) is 15.2. The predicted octanol–water partition coefficient (Wildman–Crippen LogP) is 1.06. The number of aliphatic hydroxyl groups excluding tert-OH is 2. The van der Waals surface area contributed by atoms with Gasteiger partial charge in [0.25, 0.3) is 0 Å². The van der Waals surface area contributed by atoms with E-state index in [1.807, 2.05) is 6.92 Å². The van der Waals surface area contributed by atoms with E-state index in [2.05, 4.69) is 0 Å². The Morgan fingerprint density at radius 2 is 1.63 bits per heavy atom. The summed E-state index contributed by atoms with van der Waals surface area (Å²) in [7, 11) is 0. The predicted molar refractivity (Wildman–Crippen MR) is 72.5 cm³/mol. The van der Waals surface area contributed by atoms with Gasteiger partial charge in [-0.25, -0.2) is 0 Å². The van der Waals surface area contributed by atoms with E-state index in [1.165, 1.54) is 0 Å². The highest BCUT2D eigenvalue weighted by atomic mass is 16.3. The van der Waals surface area contributed by atoms with Crippen LogP contribution in [0.1, 0.15) is 53.4 Å². The SMILES string of the molecule is CC(C)(O)[C@@H]1CC[C@@]2(C)[C@H](O)CC[C@](C)(O)[C@@H]2[C@@H]1O. The average molecular weight is 272 g/mol. The normalized spacial score (nSPS) is 51.8. The van der Waals surface area contributed by atoms with Crippen molar-refractivity contribution in [3.05, 3.63) is 0 Å². The van der Waals surface area contributed by atoms with Crippen molar-refractivity contribution in [2.45, 2.75) is 76.8 Å². The largest absolute Gasteiger partial charge is 0.393 e. The van der Waals surface area contributed by atoms with Gasteiger partial charge >= 0.3 is 0 Å². The molecule has 2 rings (SSSR count). The molecular weight excluding hydrogens is 244 g/mol. The summed E-state index contributed by atoms with van der Waals surface area (Å²) >= 11 is 0. The van der Waals surface area contributed by atoms with Crippen molar-refractivity contribution in [3.8, 4) is 0 Å². The van der Waals surface area contributed by atoms with Gasteiger partial charge in [-0.3, -0.25) is 0 Å². The monoisotopic (exact) mass is 272 g/mol. The highest BCUT2D eigenvalue weighted by Crippen LogP contribution is 2.56. The van der Waals surface area contributed by atoms with Crippen molar-refractivity contribution < 1.29 is 20.4 Å². The lowest BCUT2D eigenvalue weighted by Gasteiger charge is -2.59. The maximum Gasteiger partial charge on any atom is 0.0679 e. The van der Waals surface area contributed by atoms with Gasteiger partial charge in [-0.15, -0.1) is 0 Å². The van der Waals surface area contributed by atoms with Gasteiger partial charge in [0.05, 0.1) is 23.4 Å². The molecule has 0 saturated heterocycles. The van der Waals surface area contributed by atoms with E-state index in [9.17, 15) is 20.4 Å². The lowest BCUT2D eigenvalue weighted by molar-refractivity contribution is -0.232. The molecule has 2 aliphatic rings. The van der Waals surface area contributed by atoms with Crippen LogP contribution in [-0.4, -0.2) is 43.8 Å². The Kier molecular flexibility index (Phi) is 3.54. The third-order valence-corrected chi connectivity index (χ3v) is 5.72. The summed E-state index contributed by atoms with van der Waals surface area (Å²) in [5.74, 6) is -0.656. The fourth-order valence-corrected chi connectivity index (χ4v) is 4.55. The molecule has 6 atom stereocenters. The lowest BCUT2D eigenvalue weighted by Crippen LogP contribution is -2.64. The molecule has 2 aliphatic carbocycles. The summed E-state index contributed by atoms with van der Waals surface area (Å²) in [5.41, 5.74) is -2.43. The standard InChI is InChI=1S/C15H28O4/c1-13(2,18)9-5-7-14(3)10(16)6-8-15(4,19)12(14)11(9)17/h9-12,16-19H,5-8H2,1-4H3/t9-,10-,11-,12-,14+,15+/m1/s1. The molecule has 4 heteroatoms. The molecule has 0 unspecified atom stereocenters. The van der Waals surface area contributed by atoms with E-state index in [1.54, 1.807) is 20.8 Å². The van der Waals surface area contributed by atoms with Crippen molar-refractivity contribution in [3.63, 3.8) is 0 Å². The molecule has 19 heavy (non-hydrogen) atoms. The van der Waals surface area contributed by atoms with Crippen LogP contribution >= 0.6 is 0 Å². The summed E-state index contributed by atoms with van der Waals surface area (Å²) in [4.78, 5) is 0. The molecule has 0 radical (unpaired) electrons. The minimum atomic E-state index is -0.989. The zero-order valence-corrected chi connectivity index (χ0v) is 12.4. The van der Waals surface area contributed by atoms with Crippen LogP contribution in [-0.2, 0) is 0 Å². The van der Waals surface area contributed by atoms with Crippen LogP contribution in [0.2, 0.25) is 0 Å². The van der Waals surface area contributed by atoms with Gasteiger partial charge in [-0.1, -0.05) is 6.92 Å². The van der Waals surface area contributed by atoms with Crippen LogP contribution in [0.15, 0.2) is 0 Å². The third-order valence-electron chi connectivity index (χ3n) is 5.72. The first-order chi connectivity index (χ1) is 8.50. The van der Waals surface area contributed by atoms with E-state index in [4.69, 9.17) is 0 Å². The molecular formula is C15H28O4. The molecule has 0 aromatic rings. The van der Waals surface area contributed by atoms with Gasteiger partial charge in [0.2, 0.25) is 0 Å². The second-order valence-corrected chi connectivity index (χ2v) is 7.68. The molecule has 0 aromatic heterocycles. The Labute approximate surface area is 115 Å². The topological polar surface area (TPSA) is 80.9 Å². The smallest absolute Gasteiger partial charge is 0.0679 e. The fourth-order valence-electron chi connectivity index (χ4n) is 4.55. The first-order valence-corrected chi connectivity index (χ1v) is 7.31. The van der Waals surface area contributed by atoms with Crippen LogP contribution in [0.3, 0.4) is 0 Å². The van der Waals surface area contributed by atoms with Gasteiger partial charge in [-0.2, -0.15) is 0 Å². The Hall–Kier alpha value is -0.160. The number of hydrogen-bond donors (Lipinski definition) is 4. The summed E-state index contributed by atoms with van der Waals surface area (Å²) in [5, 5.41) is 41.9. The van der Waals surface area contributed by atoms with Crippen molar-refractivity contribution in [2.75, 3.05) is 0 Å². The highest BCUT2D eigenvalue weighted by Gasteiger charge is 2.60. The number of aliphatic hydroxyl groups is 4. The van der Waals surface area contributed by atoms with Crippen molar-refractivity contribution in [1.29, 1.82) is 0 Å². The second-order valence-electron chi connectivity index (χ2n) is 7.68. The molecule has 0 aromatic carbocycles. The summed E-state index contributed by atoms with van der Waals surface area (Å²) in [6, 6.07) is 0. The molecule has 2 saturated carbocycles. The van der Waals surface area contributed by atoms with Crippen LogP contribution in [0.5, 0.6) is 0 Å². The number of rotatable bonds is 1. The van der Waals surface area contributed by atoms with E-state index in [0.29, 0.717) is 19.3 Å². The quantitative estimate of drug-likeness (QED) is 0.575. The number of fused-ring (bicyclic) bond motifs is 1. The van der Waals surface area contributed by atoms with Gasteiger partial charge in [-0.05, 0) is 46.5 Å². The minimum Gasteiger partial charge on any atom is -0.393 e. The van der Waals surface area contributed by atoms with Gasteiger partial charge in [0, 0.05) is 17.3 Å². The Bertz CT molecular complexity index is 347. The lowest BCUT2D eigenvalue weighted by atomic mass is 9.50. The van der Waals surface area contributed by atoms with Crippen LogP contribution < -0.4 is 0 Å². The van der Waals surface area contributed by atoms with E-state index >= 15 is 0 Å². The maximum atomic E-state index is 10.7. The molecule has 4 N–H and O–H groups in total. The molecule has 0 bridgehead atoms. The van der Waals surface area contributed by atoms with Crippen molar-refractivity contribution >= 4 is 0 Å². The van der Waals surface area contributed by atoms with Crippen LogP contribution in [0.4, 0.5) is 0 Å². The van der Waals surface area contributed by atoms with Gasteiger partial charge in [0.1, 0.15) is 0 Å². The Morgan fingerprint density at radius 3 is 2.16 bits per heavy atom. The van der Waals surface area contributed by atoms with Gasteiger partial charge < -0.3 is 20.4 Å². The summed E-state index contributed by atoms with van der Waals surface area (Å²) in [6.07, 6.45) is 1.17. The fraction of sp³-hybridized carbons (Fsp3) is 1.00. The van der Waals surface area contributed by atoms with Gasteiger partial charge in [0.15, 0.2) is 0 Å². The third kappa shape index (κ3) is 2.33. The van der Waals surface area contributed by atoms with Crippen molar-refractivity contribution in [1.82, 2.24) is 0 Å². The zero-order valence-electron chi connectivity index (χ0n) is 12.4. The molecule has 0 aliphatic heterocycles. The maximum absolute atomic E-state index is 10.7. The van der Waals surface area contributed by atoms with Crippen LogP contribution in [0, 0.1) is 17.3 Å². The first-order valence-electron chi connectivity index (χ1n) is 7.31. The second kappa shape index (κ2) is 4.42. The molecule has 112 valence electrons. The molecule has 4 nitrogen and oxygen atoms in total. The summed E-state index contributed by atoms with van der Waals surface area (Å²) < 4.78 is 0. The zero-order chi connectivity index (χ0) is 14.6. The number of hydrogen-bond acceptors (Lipinski definition) is 4. The van der Waals surface area contributed by atoms with Crippen LogP contribution in [0.25, 0.3) is 0 Å². The van der Waals surface area contributed by atoms with Crippen molar-refractivity contribution in [2.24, 2.45) is 17.3 Å². The Morgan fingerprint density at radius 1 is 1.05 bits per heavy atom. The van der Waals surface area contributed by atoms with E-state index in [-0.39, 0.29) is 5.92 Å². The highest BCUT2D eigenvalue weighted by molar-refractivity contribution is 5.10. The average Bonchev–Trinajstić information content (AvgIpc) is 2.22. The Balaban J connectivity index is 2.37. The molecule has 0 amide bonds. The van der Waals surface area contributed by atoms with E-state index < -0.39 is 34.7 Å². The summed E-state index contributed by atoms with van der Waals surface area (Å²) in [6.45, 7) is 7.12. The molecule has 0 spiro atoms. The molecule has 2 fully saturated rings. The molecule has 0 heterocycles.